The maximum Gasteiger partial charge on any atom is 0.303 e. The van der Waals surface area contributed by atoms with Crippen molar-refractivity contribution >= 4 is 43.3 Å². The van der Waals surface area contributed by atoms with E-state index < -0.39 is 16.0 Å². The van der Waals surface area contributed by atoms with Gasteiger partial charge in [-0.15, -0.1) is 11.3 Å². The molecule has 0 bridgehead atoms. The van der Waals surface area contributed by atoms with Crippen LogP contribution in [0.2, 0.25) is 0 Å². The number of carboxylic acids is 1. The lowest BCUT2D eigenvalue weighted by atomic mass is 9.95. The number of halogens is 1. The first-order chi connectivity index (χ1) is 9.39. The van der Waals surface area contributed by atoms with Crippen LogP contribution in [0.25, 0.3) is 0 Å². The Morgan fingerprint density at radius 3 is 2.85 bits per heavy atom. The summed E-state index contributed by atoms with van der Waals surface area (Å²) in [4.78, 5) is 10.6. The second-order valence-electron chi connectivity index (χ2n) is 4.86. The van der Waals surface area contributed by atoms with E-state index in [9.17, 15) is 13.2 Å². The van der Waals surface area contributed by atoms with E-state index in [1.54, 1.807) is 12.1 Å². The van der Waals surface area contributed by atoms with Crippen molar-refractivity contribution in [2.75, 3.05) is 13.1 Å². The molecule has 1 aliphatic rings. The van der Waals surface area contributed by atoms with Gasteiger partial charge in [-0.2, -0.15) is 4.31 Å². The topological polar surface area (TPSA) is 74.7 Å². The van der Waals surface area contributed by atoms with Crippen LogP contribution in [0, 0.1) is 5.92 Å². The van der Waals surface area contributed by atoms with E-state index in [1.165, 1.54) is 15.6 Å². The molecule has 1 aromatic heterocycles. The van der Waals surface area contributed by atoms with E-state index in [2.05, 4.69) is 15.9 Å². The predicted octanol–water partition coefficient (Wildman–Crippen LogP) is 2.78. The molecule has 0 aromatic carbocycles. The molecular weight excluding hydrogens is 366 g/mol. The van der Waals surface area contributed by atoms with Crippen LogP contribution in [0.5, 0.6) is 0 Å². The number of rotatable bonds is 5. The molecule has 1 saturated heterocycles. The number of hydrogen-bond donors (Lipinski definition) is 1. The van der Waals surface area contributed by atoms with Crippen LogP contribution >= 0.6 is 27.3 Å². The molecule has 112 valence electrons. The smallest absolute Gasteiger partial charge is 0.303 e. The molecular formula is C12H16BrNO4S2. The minimum absolute atomic E-state index is 0.100. The number of nitrogens with zero attached hydrogens (tertiary/aromatic N) is 1. The summed E-state index contributed by atoms with van der Waals surface area (Å²) in [6.45, 7) is 0.937. The average molecular weight is 382 g/mol. The highest BCUT2D eigenvalue weighted by atomic mass is 79.9. The van der Waals surface area contributed by atoms with Crippen molar-refractivity contribution in [2.24, 2.45) is 5.92 Å². The van der Waals surface area contributed by atoms with Gasteiger partial charge in [0, 0.05) is 19.5 Å². The molecule has 5 nitrogen and oxygen atoms in total. The van der Waals surface area contributed by atoms with Crippen LogP contribution in [0.3, 0.4) is 0 Å². The molecule has 1 N–H and O–H groups in total. The number of thiophene rings is 1. The standard InChI is InChI=1S/C12H16BrNO4S2/c13-10-4-6-12(19-10)20(17,18)14-7-1-2-9(8-14)3-5-11(15)16/h4,6,9H,1-3,5,7-8H2,(H,15,16). The zero-order valence-corrected chi connectivity index (χ0v) is 14.0. The normalized spacial score (nSPS) is 20.9. The molecule has 1 unspecified atom stereocenters. The van der Waals surface area contributed by atoms with E-state index in [-0.39, 0.29) is 12.3 Å². The monoisotopic (exact) mass is 381 g/mol. The SMILES string of the molecule is O=C(O)CCC1CCCN(S(=O)(=O)c2ccc(Br)s2)C1. The summed E-state index contributed by atoms with van der Waals surface area (Å²) in [5.41, 5.74) is 0. The highest BCUT2D eigenvalue weighted by Gasteiger charge is 2.31. The quantitative estimate of drug-likeness (QED) is 0.850. The van der Waals surface area contributed by atoms with Crippen molar-refractivity contribution in [3.05, 3.63) is 15.9 Å². The Kier molecular flexibility index (Phi) is 5.22. The summed E-state index contributed by atoms with van der Waals surface area (Å²) in [6.07, 6.45) is 2.32. The van der Waals surface area contributed by atoms with Crippen molar-refractivity contribution < 1.29 is 18.3 Å². The van der Waals surface area contributed by atoms with E-state index in [1.807, 2.05) is 0 Å². The maximum absolute atomic E-state index is 12.5. The van der Waals surface area contributed by atoms with Crippen LogP contribution < -0.4 is 0 Å². The minimum atomic E-state index is -3.44. The van der Waals surface area contributed by atoms with E-state index in [0.29, 0.717) is 23.7 Å². The third kappa shape index (κ3) is 3.81. The van der Waals surface area contributed by atoms with Gasteiger partial charge in [-0.1, -0.05) is 0 Å². The molecule has 0 amide bonds. The van der Waals surface area contributed by atoms with Gasteiger partial charge in [0.15, 0.2) is 0 Å². The highest BCUT2D eigenvalue weighted by Crippen LogP contribution is 2.31. The Balaban J connectivity index is 2.06. The number of carbonyl (C=O) groups is 1. The lowest BCUT2D eigenvalue weighted by Crippen LogP contribution is -2.39. The fourth-order valence-electron chi connectivity index (χ4n) is 2.37. The van der Waals surface area contributed by atoms with Crippen molar-refractivity contribution in [1.29, 1.82) is 0 Å². The Morgan fingerprint density at radius 2 is 2.25 bits per heavy atom. The Bertz CT molecular complexity index is 584. The van der Waals surface area contributed by atoms with Gasteiger partial charge in [0.1, 0.15) is 4.21 Å². The number of carboxylic acid groups (broad SMARTS) is 1. The van der Waals surface area contributed by atoms with Crippen LogP contribution in [0.15, 0.2) is 20.1 Å². The molecule has 20 heavy (non-hydrogen) atoms. The summed E-state index contributed by atoms with van der Waals surface area (Å²) >= 11 is 4.47. The van der Waals surface area contributed by atoms with Crippen molar-refractivity contribution in [3.63, 3.8) is 0 Å². The third-order valence-corrected chi connectivity index (χ3v) is 7.35. The zero-order chi connectivity index (χ0) is 14.8. The average Bonchev–Trinajstić information content (AvgIpc) is 2.84. The molecule has 0 spiro atoms. The van der Waals surface area contributed by atoms with Gasteiger partial charge >= 0.3 is 5.97 Å². The highest BCUT2D eigenvalue weighted by molar-refractivity contribution is 9.11. The number of sulfonamides is 1. The van der Waals surface area contributed by atoms with Gasteiger partial charge in [-0.3, -0.25) is 4.79 Å². The number of hydrogen-bond acceptors (Lipinski definition) is 4. The number of aliphatic carboxylic acids is 1. The lowest BCUT2D eigenvalue weighted by molar-refractivity contribution is -0.137. The van der Waals surface area contributed by atoms with E-state index >= 15 is 0 Å². The summed E-state index contributed by atoms with van der Waals surface area (Å²) in [5, 5.41) is 8.72. The Hall–Kier alpha value is -0.440. The van der Waals surface area contributed by atoms with Gasteiger partial charge in [0.2, 0.25) is 0 Å². The number of piperidine rings is 1. The fourth-order valence-corrected chi connectivity index (χ4v) is 6.09. The molecule has 2 rings (SSSR count). The molecule has 8 heteroatoms. The second kappa shape index (κ2) is 6.55. The van der Waals surface area contributed by atoms with Crippen molar-refractivity contribution in [2.45, 2.75) is 29.9 Å². The van der Waals surface area contributed by atoms with E-state index in [0.717, 1.165) is 16.6 Å². The van der Waals surface area contributed by atoms with Crippen LogP contribution in [0.1, 0.15) is 25.7 Å². The summed E-state index contributed by atoms with van der Waals surface area (Å²) in [7, 11) is -3.44. The van der Waals surface area contributed by atoms with E-state index in [4.69, 9.17) is 5.11 Å². The molecule has 1 fully saturated rings. The van der Waals surface area contributed by atoms with Crippen LogP contribution in [-0.4, -0.2) is 36.9 Å². The van der Waals surface area contributed by atoms with Gasteiger partial charge in [-0.25, -0.2) is 8.42 Å². The molecule has 1 atom stereocenters. The van der Waals surface area contributed by atoms with Gasteiger partial charge in [0.25, 0.3) is 10.0 Å². The predicted molar refractivity (Wildman–Crippen MR) is 80.4 cm³/mol. The van der Waals surface area contributed by atoms with Crippen molar-refractivity contribution in [3.8, 4) is 0 Å². The molecule has 2 heterocycles. The lowest BCUT2D eigenvalue weighted by Gasteiger charge is -2.31. The van der Waals surface area contributed by atoms with Crippen LogP contribution in [-0.2, 0) is 14.8 Å². The molecule has 0 radical (unpaired) electrons. The Labute approximate surface area is 130 Å². The molecule has 1 aliphatic heterocycles. The van der Waals surface area contributed by atoms with Crippen molar-refractivity contribution in [1.82, 2.24) is 4.31 Å². The first kappa shape index (κ1) is 15.9. The molecule has 0 aliphatic carbocycles. The molecule has 0 saturated carbocycles. The minimum Gasteiger partial charge on any atom is -0.481 e. The maximum atomic E-state index is 12.5. The second-order valence-corrected chi connectivity index (χ2v) is 9.49. The molecule has 1 aromatic rings. The Morgan fingerprint density at radius 1 is 1.50 bits per heavy atom. The largest absolute Gasteiger partial charge is 0.481 e. The summed E-state index contributed by atoms with van der Waals surface area (Å²) in [5.74, 6) is -0.690. The first-order valence-electron chi connectivity index (χ1n) is 6.37. The van der Waals surface area contributed by atoms with Gasteiger partial charge < -0.3 is 5.11 Å². The fraction of sp³-hybridized carbons (Fsp3) is 0.583. The van der Waals surface area contributed by atoms with Gasteiger partial charge in [-0.05, 0) is 53.2 Å². The summed E-state index contributed by atoms with van der Waals surface area (Å²) in [6, 6.07) is 3.33. The van der Waals surface area contributed by atoms with Crippen LogP contribution in [0.4, 0.5) is 0 Å². The zero-order valence-electron chi connectivity index (χ0n) is 10.8. The third-order valence-electron chi connectivity index (χ3n) is 3.39. The summed E-state index contributed by atoms with van der Waals surface area (Å²) < 4.78 is 27.6. The first-order valence-corrected chi connectivity index (χ1v) is 9.42. The van der Waals surface area contributed by atoms with Gasteiger partial charge in [0.05, 0.1) is 3.79 Å².